The van der Waals surface area contributed by atoms with Crippen molar-refractivity contribution < 1.29 is 23.8 Å². The van der Waals surface area contributed by atoms with E-state index in [2.05, 4.69) is 5.32 Å². The van der Waals surface area contributed by atoms with Gasteiger partial charge in [0.05, 0.1) is 41.7 Å². The number of nitrogens with one attached hydrogen (secondary N) is 1. The molecule has 0 saturated heterocycles. The van der Waals surface area contributed by atoms with Gasteiger partial charge in [-0.25, -0.2) is 14.3 Å². The topological polar surface area (TPSA) is 91.7 Å². The van der Waals surface area contributed by atoms with Gasteiger partial charge < -0.3 is 19.5 Å². The van der Waals surface area contributed by atoms with Crippen LogP contribution < -0.4 is 10.1 Å². The second kappa shape index (κ2) is 15.2. The first-order chi connectivity index (χ1) is 23.0. The van der Waals surface area contributed by atoms with E-state index in [1.54, 1.807) is 4.68 Å². The fourth-order valence-corrected chi connectivity index (χ4v) is 5.72. The van der Waals surface area contributed by atoms with Crippen LogP contribution in [0.15, 0.2) is 108 Å². The molecule has 1 aliphatic rings. The van der Waals surface area contributed by atoms with Crippen LogP contribution in [-0.2, 0) is 25.7 Å². The summed E-state index contributed by atoms with van der Waals surface area (Å²) >= 11 is 0. The molecule has 2 heterocycles. The smallest absolute Gasteiger partial charge is 0.336 e. The highest BCUT2D eigenvalue weighted by molar-refractivity contribution is 6.00. The Bertz CT molecular complexity index is 1770. The monoisotopic (exact) mass is 647 g/mol. The zero-order valence-electron chi connectivity index (χ0n) is 28.9. The number of rotatable bonds is 12. The Balaban J connectivity index is 1.65. The average Bonchev–Trinajstić information content (AvgIpc) is 3.51. The molecule has 0 unspecified atom stereocenters. The molecule has 1 aromatic heterocycles. The number of aryl methyl sites for hydroxylation is 1. The molecule has 1 N–H and O–H groups in total. The van der Waals surface area contributed by atoms with Gasteiger partial charge in [0, 0.05) is 28.7 Å². The predicted octanol–water partition coefficient (Wildman–Crippen LogP) is 8.06. The molecule has 250 valence electrons. The number of benzene rings is 3. The summed E-state index contributed by atoms with van der Waals surface area (Å²) in [5.41, 5.74) is 6.93. The lowest BCUT2D eigenvalue weighted by Gasteiger charge is -2.30. The molecule has 3 aromatic carbocycles. The first-order valence-corrected chi connectivity index (χ1v) is 16.5. The first kappa shape index (κ1) is 34.2. The molecule has 0 fully saturated rings. The van der Waals surface area contributed by atoms with Crippen LogP contribution in [0.1, 0.15) is 64.2 Å². The van der Waals surface area contributed by atoms with Crippen LogP contribution in [0.25, 0.3) is 16.9 Å². The Morgan fingerprint density at radius 1 is 0.792 bits per heavy atom. The zero-order chi connectivity index (χ0) is 34.4. The maximum absolute atomic E-state index is 13.9. The third-order valence-corrected chi connectivity index (χ3v) is 8.06. The lowest BCUT2D eigenvalue weighted by Crippen LogP contribution is -2.33. The van der Waals surface area contributed by atoms with Crippen molar-refractivity contribution in [3.63, 3.8) is 0 Å². The van der Waals surface area contributed by atoms with E-state index in [0.717, 1.165) is 28.1 Å². The Hall–Kier alpha value is -5.11. The van der Waals surface area contributed by atoms with Crippen molar-refractivity contribution in [1.82, 2.24) is 15.1 Å². The van der Waals surface area contributed by atoms with Gasteiger partial charge >= 0.3 is 11.9 Å². The molecule has 0 atom stereocenters. The Kier molecular flexibility index (Phi) is 10.8. The highest BCUT2D eigenvalue weighted by atomic mass is 16.5. The second-order valence-corrected chi connectivity index (χ2v) is 13.1. The van der Waals surface area contributed by atoms with E-state index >= 15 is 0 Å². The number of hydrogen-bond acceptors (Lipinski definition) is 7. The zero-order valence-corrected chi connectivity index (χ0v) is 28.9. The minimum Gasteiger partial charge on any atom is -0.489 e. The number of aromatic nitrogens is 2. The fraction of sp³-hybridized carbons (Fsp3) is 0.325. The maximum Gasteiger partial charge on any atom is 0.336 e. The van der Waals surface area contributed by atoms with Crippen molar-refractivity contribution in [3.8, 4) is 22.7 Å². The molecule has 0 saturated carbocycles. The predicted molar refractivity (Wildman–Crippen MR) is 187 cm³/mol. The summed E-state index contributed by atoms with van der Waals surface area (Å²) in [6.07, 6.45) is 1.90. The van der Waals surface area contributed by atoms with Gasteiger partial charge in [0.1, 0.15) is 12.4 Å². The van der Waals surface area contributed by atoms with Gasteiger partial charge in [0.2, 0.25) is 0 Å². The SMILES string of the molecule is CC1=C(C(=O)OCC(C)C)C(c2cn(-c3ccccc3)nc2-c2ccc(OCc3ccccc3)c(C)c2)C(C(=O)OCC(C)C)=C(C)N1. The van der Waals surface area contributed by atoms with Crippen molar-refractivity contribution in [2.75, 3.05) is 13.2 Å². The van der Waals surface area contributed by atoms with Crippen molar-refractivity contribution in [1.29, 1.82) is 0 Å². The van der Waals surface area contributed by atoms with Crippen LogP contribution in [0.4, 0.5) is 0 Å². The largest absolute Gasteiger partial charge is 0.489 e. The molecule has 0 radical (unpaired) electrons. The lowest BCUT2D eigenvalue weighted by atomic mass is 9.79. The summed E-state index contributed by atoms with van der Waals surface area (Å²) in [6, 6.07) is 25.7. The molecular formula is C40H45N3O5. The molecular weight excluding hydrogens is 602 g/mol. The summed E-state index contributed by atoms with van der Waals surface area (Å²) in [4.78, 5) is 27.8. The number of ether oxygens (including phenoxy) is 3. The van der Waals surface area contributed by atoms with Crippen molar-refractivity contribution in [3.05, 3.63) is 124 Å². The van der Waals surface area contributed by atoms with Gasteiger partial charge in [-0.2, -0.15) is 5.10 Å². The number of hydrogen-bond donors (Lipinski definition) is 1. The van der Waals surface area contributed by atoms with Crippen LogP contribution in [0.5, 0.6) is 5.75 Å². The molecule has 0 bridgehead atoms. The van der Waals surface area contributed by atoms with Crippen LogP contribution in [0.3, 0.4) is 0 Å². The van der Waals surface area contributed by atoms with E-state index in [1.807, 2.05) is 134 Å². The molecule has 48 heavy (non-hydrogen) atoms. The van der Waals surface area contributed by atoms with Gasteiger partial charge in [0.15, 0.2) is 0 Å². The third-order valence-electron chi connectivity index (χ3n) is 8.06. The van der Waals surface area contributed by atoms with Crippen molar-refractivity contribution >= 4 is 11.9 Å². The number of dihydropyridines is 1. The van der Waals surface area contributed by atoms with Gasteiger partial charge in [-0.3, -0.25) is 0 Å². The molecule has 8 nitrogen and oxygen atoms in total. The van der Waals surface area contributed by atoms with E-state index in [4.69, 9.17) is 19.3 Å². The molecule has 0 spiro atoms. The summed E-state index contributed by atoms with van der Waals surface area (Å²) in [6.45, 7) is 14.6. The van der Waals surface area contributed by atoms with Gasteiger partial charge in [0.25, 0.3) is 0 Å². The van der Waals surface area contributed by atoms with E-state index in [0.29, 0.717) is 40.4 Å². The number of allylic oxidation sites excluding steroid dienone is 2. The minimum absolute atomic E-state index is 0.139. The number of carbonyl (C=O) groups is 2. The van der Waals surface area contributed by atoms with Gasteiger partial charge in [-0.15, -0.1) is 0 Å². The number of carbonyl (C=O) groups excluding carboxylic acids is 2. The Labute approximate surface area is 283 Å². The molecule has 1 aliphatic heterocycles. The van der Waals surface area contributed by atoms with Crippen molar-refractivity contribution in [2.45, 2.75) is 61.0 Å². The van der Waals surface area contributed by atoms with E-state index < -0.39 is 17.9 Å². The van der Waals surface area contributed by atoms with E-state index in [9.17, 15) is 9.59 Å². The number of esters is 2. The maximum atomic E-state index is 13.9. The highest BCUT2D eigenvalue weighted by Crippen LogP contribution is 2.43. The number of para-hydroxylation sites is 1. The number of nitrogens with zero attached hydrogens (tertiary/aromatic N) is 2. The summed E-state index contributed by atoms with van der Waals surface area (Å²) < 4.78 is 19.6. The van der Waals surface area contributed by atoms with Gasteiger partial charge in [-0.1, -0.05) is 76.2 Å². The highest BCUT2D eigenvalue weighted by Gasteiger charge is 2.40. The first-order valence-electron chi connectivity index (χ1n) is 16.5. The molecule has 5 rings (SSSR count). The standard InChI is InChI=1S/C40H45N3O5/c1-25(2)22-47-39(44)35-28(6)41-29(7)36(40(45)48-23-26(3)4)37(35)33-21-43(32-16-12-9-13-17-32)42-38(33)31-18-19-34(27(5)20-31)46-24-30-14-10-8-11-15-30/h8-21,25-26,37,41H,22-24H2,1-7H3. The van der Waals surface area contributed by atoms with Crippen LogP contribution in [-0.4, -0.2) is 34.9 Å². The fourth-order valence-electron chi connectivity index (χ4n) is 5.72. The normalized spacial score (nSPS) is 13.6. The molecule has 8 heteroatoms. The summed E-state index contributed by atoms with van der Waals surface area (Å²) in [5, 5.41) is 8.35. The summed E-state index contributed by atoms with van der Waals surface area (Å²) in [7, 11) is 0. The van der Waals surface area contributed by atoms with Crippen molar-refractivity contribution in [2.24, 2.45) is 11.8 Å². The quantitative estimate of drug-likeness (QED) is 0.156. The summed E-state index contributed by atoms with van der Waals surface area (Å²) in [5.74, 6) is -0.735. The minimum atomic E-state index is -0.799. The van der Waals surface area contributed by atoms with E-state index in [1.165, 1.54) is 0 Å². The lowest BCUT2D eigenvalue weighted by molar-refractivity contribution is -0.141. The molecule has 4 aromatic rings. The Morgan fingerprint density at radius 3 is 1.90 bits per heavy atom. The second-order valence-electron chi connectivity index (χ2n) is 13.1. The van der Waals surface area contributed by atoms with Crippen LogP contribution >= 0.6 is 0 Å². The third kappa shape index (κ3) is 7.88. The molecule has 0 amide bonds. The van der Waals surface area contributed by atoms with Gasteiger partial charge in [-0.05, 0) is 74.1 Å². The Morgan fingerprint density at radius 2 is 1.35 bits per heavy atom. The van der Waals surface area contributed by atoms with Crippen LogP contribution in [0.2, 0.25) is 0 Å². The average molecular weight is 648 g/mol. The molecule has 0 aliphatic carbocycles. The van der Waals surface area contributed by atoms with Crippen LogP contribution in [0, 0.1) is 18.8 Å². The van der Waals surface area contributed by atoms with E-state index in [-0.39, 0.29) is 25.0 Å².